The minimum absolute atomic E-state index is 0.351. The van der Waals surface area contributed by atoms with Crippen molar-refractivity contribution < 1.29 is 4.74 Å². The maximum absolute atomic E-state index is 5.48. The van der Waals surface area contributed by atoms with Crippen LogP contribution in [0.1, 0.15) is 6.42 Å². The summed E-state index contributed by atoms with van der Waals surface area (Å²) in [5.74, 6) is 1.45. The molecule has 0 aromatic carbocycles. The Hall–Kier alpha value is -0.105. The molecule has 0 saturated carbocycles. The van der Waals surface area contributed by atoms with E-state index in [0.717, 1.165) is 12.2 Å². The summed E-state index contributed by atoms with van der Waals surface area (Å²) in [4.78, 5) is 0. The van der Waals surface area contributed by atoms with Crippen molar-refractivity contribution in [2.75, 3.05) is 5.88 Å². The lowest BCUT2D eigenvalue weighted by atomic mass is 9.98. The summed E-state index contributed by atoms with van der Waals surface area (Å²) in [6, 6.07) is 0.351. The monoisotopic (exact) mass is 130 g/mol. The molecule has 44 valence electrons. The summed E-state index contributed by atoms with van der Waals surface area (Å²) in [6.07, 6.45) is 3.06. The van der Waals surface area contributed by atoms with Gasteiger partial charge in [-0.3, -0.25) is 0 Å². The molecule has 1 heterocycles. The molecule has 0 spiro atoms. The molecule has 0 aromatic rings. The fourth-order valence-electron chi connectivity index (χ4n) is 0.738. The highest BCUT2D eigenvalue weighted by molar-refractivity contribution is 6.19. The van der Waals surface area contributed by atoms with Gasteiger partial charge < -0.3 is 4.74 Å². The van der Waals surface area contributed by atoms with Crippen LogP contribution >= 0.6 is 11.6 Å². The summed E-state index contributed by atoms with van der Waals surface area (Å²) < 4.78 is 5.24. The lowest BCUT2D eigenvalue weighted by Crippen LogP contribution is -2.04. The van der Waals surface area contributed by atoms with E-state index in [-0.39, 0.29) is 0 Å². The van der Waals surface area contributed by atoms with Crippen LogP contribution in [0.15, 0.2) is 11.8 Å². The Kier molecular flexibility index (Phi) is 1.84. The Balaban J connectivity index is 2.37. The Bertz CT molecular complexity index is 113. The zero-order valence-corrected chi connectivity index (χ0v) is 5.61. The normalized spacial score (nSPS) is 27.1. The Morgan fingerprint density at radius 2 is 2.75 bits per heavy atom. The van der Waals surface area contributed by atoms with Crippen LogP contribution < -0.4 is 0 Å². The summed E-state index contributed by atoms with van der Waals surface area (Å²) >= 11 is 5.48. The lowest BCUT2D eigenvalue weighted by molar-refractivity contribution is 0.212. The standard InChI is InChI=1S/C5H8BClO/c6-5-2-1-4(3-7)8-5/h1,5H,2-3,6H2/t5-/m1/s1. The predicted molar refractivity (Wildman–Crippen MR) is 36.8 cm³/mol. The summed E-state index contributed by atoms with van der Waals surface area (Å²) in [7, 11) is 2.04. The highest BCUT2D eigenvalue weighted by Gasteiger charge is 2.10. The van der Waals surface area contributed by atoms with Crippen LogP contribution in [0.4, 0.5) is 0 Å². The quantitative estimate of drug-likeness (QED) is 0.371. The van der Waals surface area contributed by atoms with Gasteiger partial charge in [-0.15, -0.1) is 11.6 Å². The number of hydrogen-bond acceptors (Lipinski definition) is 1. The van der Waals surface area contributed by atoms with Gasteiger partial charge in [0, 0.05) is 0 Å². The molecule has 1 aliphatic heterocycles. The molecule has 0 unspecified atom stereocenters. The predicted octanol–water partition coefficient (Wildman–Crippen LogP) is 0.489. The molecule has 0 bridgehead atoms. The molecule has 0 saturated heterocycles. The number of alkyl halides is 1. The third kappa shape index (κ3) is 1.19. The molecule has 3 heteroatoms. The van der Waals surface area contributed by atoms with E-state index in [9.17, 15) is 0 Å². The van der Waals surface area contributed by atoms with Gasteiger partial charge in [0.25, 0.3) is 0 Å². The van der Waals surface area contributed by atoms with E-state index < -0.39 is 0 Å². The zero-order valence-electron chi connectivity index (χ0n) is 4.86. The molecule has 0 aromatic heterocycles. The van der Waals surface area contributed by atoms with E-state index in [4.69, 9.17) is 16.3 Å². The second kappa shape index (κ2) is 2.45. The lowest BCUT2D eigenvalue weighted by Gasteiger charge is -2.03. The fraction of sp³-hybridized carbons (Fsp3) is 0.600. The van der Waals surface area contributed by atoms with Crippen LogP contribution in [0.5, 0.6) is 0 Å². The molecule has 0 fully saturated rings. The van der Waals surface area contributed by atoms with Gasteiger partial charge in [-0.05, 0) is 12.5 Å². The molecule has 1 atom stereocenters. The topological polar surface area (TPSA) is 9.23 Å². The summed E-state index contributed by atoms with van der Waals surface area (Å²) in [5, 5.41) is 0. The van der Waals surface area contributed by atoms with Crippen molar-refractivity contribution in [3.05, 3.63) is 11.8 Å². The van der Waals surface area contributed by atoms with Gasteiger partial charge in [0.15, 0.2) is 7.85 Å². The number of allylic oxidation sites excluding steroid dienone is 1. The van der Waals surface area contributed by atoms with Crippen molar-refractivity contribution >= 4 is 19.4 Å². The molecule has 0 amide bonds. The second-order valence-electron chi connectivity index (χ2n) is 1.97. The average Bonchev–Trinajstić information content (AvgIpc) is 2.14. The molecule has 0 radical (unpaired) electrons. The molecular formula is C5H8BClO. The summed E-state index contributed by atoms with van der Waals surface area (Å²) in [6.45, 7) is 0. The first-order valence-corrected chi connectivity index (χ1v) is 3.28. The van der Waals surface area contributed by atoms with Crippen LogP contribution in [0.2, 0.25) is 0 Å². The Morgan fingerprint density at radius 1 is 2.00 bits per heavy atom. The van der Waals surface area contributed by atoms with E-state index in [1.807, 2.05) is 13.9 Å². The maximum Gasteiger partial charge on any atom is 0.155 e. The minimum atomic E-state index is 0.351. The molecule has 0 N–H and O–H groups in total. The highest BCUT2D eigenvalue weighted by Crippen LogP contribution is 2.14. The van der Waals surface area contributed by atoms with Gasteiger partial charge in [-0.25, -0.2) is 0 Å². The molecule has 8 heavy (non-hydrogen) atoms. The van der Waals surface area contributed by atoms with Crippen molar-refractivity contribution in [1.82, 2.24) is 0 Å². The van der Waals surface area contributed by atoms with Gasteiger partial charge in [0.05, 0.1) is 11.9 Å². The van der Waals surface area contributed by atoms with E-state index in [1.54, 1.807) is 0 Å². The molecule has 0 aliphatic carbocycles. The van der Waals surface area contributed by atoms with E-state index >= 15 is 0 Å². The van der Waals surface area contributed by atoms with E-state index in [0.29, 0.717) is 11.9 Å². The first-order chi connectivity index (χ1) is 3.83. The highest BCUT2D eigenvalue weighted by atomic mass is 35.5. The molecular weight excluding hydrogens is 122 g/mol. The summed E-state index contributed by atoms with van der Waals surface area (Å²) in [5.41, 5.74) is 0. The number of hydrogen-bond donors (Lipinski definition) is 0. The van der Waals surface area contributed by atoms with Gasteiger partial charge in [0.2, 0.25) is 0 Å². The SMILES string of the molecule is B[C@H]1CC=C(CCl)O1. The van der Waals surface area contributed by atoms with Crippen molar-refractivity contribution in [3.8, 4) is 0 Å². The number of ether oxygens (including phenoxy) is 1. The second-order valence-corrected chi connectivity index (χ2v) is 2.24. The van der Waals surface area contributed by atoms with E-state index in [1.165, 1.54) is 0 Å². The van der Waals surface area contributed by atoms with E-state index in [2.05, 4.69) is 0 Å². The van der Waals surface area contributed by atoms with Crippen LogP contribution in [-0.2, 0) is 4.74 Å². The fourth-order valence-corrected chi connectivity index (χ4v) is 0.910. The van der Waals surface area contributed by atoms with Gasteiger partial charge in [-0.2, -0.15) is 0 Å². The van der Waals surface area contributed by atoms with Crippen molar-refractivity contribution in [1.29, 1.82) is 0 Å². The first-order valence-electron chi connectivity index (χ1n) is 2.74. The van der Waals surface area contributed by atoms with Crippen LogP contribution in [0.25, 0.3) is 0 Å². The molecule has 1 rings (SSSR count). The Labute approximate surface area is 55.1 Å². The maximum atomic E-state index is 5.48. The number of rotatable bonds is 1. The smallest absolute Gasteiger partial charge is 0.155 e. The van der Waals surface area contributed by atoms with Crippen molar-refractivity contribution in [2.45, 2.75) is 12.4 Å². The minimum Gasteiger partial charge on any atom is -0.503 e. The Morgan fingerprint density at radius 3 is 3.00 bits per heavy atom. The van der Waals surface area contributed by atoms with Gasteiger partial charge >= 0.3 is 0 Å². The number of halogens is 1. The molecule has 1 nitrogen and oxygen atoms in total. The van der Waals surface area contributed by atoms with Crippen LogP contribution in [0, 0.1) is 0 Å². The van der Waals surface area contributed by atoms with Crippen molar-refractivity contribution in [3.63, 3.8) is 0 Å². The van der Waals surface area contributed by atoms with Crippen molar-refractivity contribution in [2.24, 2.45) is 0 Å². The zero-order chi connectivity index (χ0) is 5.98. The van der Waals surface area contributed by atoms with Crippen LogP contribution in [0.3, 0.4) is 0 Å². The third-order valence-corrected chi connectivity index (χ3v) is 1.43. The third-order valence-electron chi connectivity index (χ3n) is 1.16. The average molecular weight is 130 g/mol. The van der Waals surface area contributed by atoms with Gasteiger partial charge in [0.1, 0.15) is 5.76 Å². The van der Waals surface area contributed by atoms with Crippen LogP contribution in [-0.4, -0.2) is 19.7 Å². The molecule has 1 aliphatic rings. The first kappa shape index (κ1) is 6.02. The largest absolute Gasteiger partial charge is 0.503 e. The van der Waals surface area contributed by atoms with Gasteiger partial charge in [-0.1, -0.05) is 0 Å².